The van der Waals surface area contributed by atoms with E-state index in [4.69, 9.17) is 0 Å². The molecule has 2 heterocycles. The number of aromatic nitrogens is 3. The third-order valence-electron chi connectivity index (χ3n) is 6.65. The first-order chi connectivity index (χ1) is 18.6. The molecule has 0 radical (unpaired) electrons. The number of hydrogen-bond acceptors (Lipinski definition) is 6. The highest BCUT2D eigenvalue weighted by Crippen LogP contribution is 2.34. The molecule has 1 atom stereocenters. The van der Waals surface area contributed by atoms with Gasteiger partial charge in [0.15, 0.2) is 4.90 Å². The Kier molecular flexibility index (Phi) is 8.25. The average Bonchev–Trinajstić information content (AvgIpc) is 2.90. The van der Waals surface area contributed by atoms with Crippen LogP contribution in [-0.4, -0.2) is 28.1 Å². The van der Waals surface area contributed by atoms with Gasteiger partial charge in [0.2, 0.25) is 21.7 Å². The van der Waals surface area contributed by atoms with Crippen molar-refractivity contribution in [2.45, 2.75) is 62.3 Å². The predicted octanol–water partition coefficient (Wildman–Crippen LogP) is 5.77. The molecule has 204 valence electrons. The Morgan fingerprint density at radius 3 is 2.28 bits per heavy atom. The van der Waals surface area contributed by atoms with Gasteiger partial charge in [0, 0.05) is 23.2 Å². The molecule has 2 aromatic heterocycles. The summed E-state index contributed by atoms with van der Waals surface area (Å²) >= 11 is 0. The van der Waals surface area contributed by atoms with Crippen LogP contribution in [0.5, 0.6) is 5.88 Å². The molecule has 10 heteroatoms. The zero-order valence-corrected chi connectivity index (χ0v) is 22.7. The quantitative estimate of drug-likeness (QED) is 0.264. The van der Waals surface area contributed by atoms with E-state index in [0.29, 0.717) is 36.1 Å². The number of sulfone groups is 1. The summed E-state index contributed by atoms with van der Waals surface area (Å²) in [6.07, 6.45) is 2.00. The normalized spacial score (nSPS) is 12.4. The number of aromatic hydroxyl groups is 1. The molecule has 39 heavy (non-hydrogen) atoms. The number of halogens is 2. The van der Waals surface area contributed by atoms with Crippen molar-refractivity contribution in [1.82, 2.24) is 14.5 Å². The van der Waals surface area contributed by atoms with Crippen molar-refractivity contribution in [3.8, 4) is 17.0 Å². The van der Waals surface area contributed by atoms with Gasteiger partial charge in [-0.25, -0.2) is 17.8 Å². The van der Waals surface area contributed by atoms with E-state index in [9.17, 15) is 27.1 Å². The molecule has 0 spiro atoms. The Balaban J connectivity index is 1.87. The van der Waals surface area contributed by atoms with Crippen LogP contribution in [0.1, 0.15) is 56.2 Å². The highest BCUT2D eigenvalue weighted by molar-refractivity contribution is 7.91. The lowest BCUT2D eigenvalue weighted by molar-refractivity contribution is 0.354. The minimum Gasteiger partial charge on any atom is -0.493 e. The summed E-state index contributed by atoms with van der Waals surface area (Å²) in [5.74, 6) is -1.74. The highest BCUT2D eigenvalue weighted by atomic mass is 32.2. The number of benzene rings is 2. The Labute approximate surface area is 225 Å². The van der Waals surface area contributed by atoms with Crippen LogP contribution >= 0.6 is 0 Å². The zero-order valence-electron chi connectivity index (χ0n) is 21.9. The fraction of sp³-hybridized carbons (Fsp3) is 0.276. The van der Waals surface area contributed by atoms with Gasteiger partial charge in [-0.05, 0) is 55.7 Å². The third-order valence-corrected chi connectivity index (χ3v) is 8.43. The number of rotatable bonds is 9. The zero-order chi connectivity index (χ0) is 28.3. The van der Waals surface area contributed by atoms with Gasteiger partial charge in [-0.1, -0.05) is 50.6 Å². The third kappa shape index (κ3) is 5.47. The smallest absolute Gasteiger partial charge is 0.296 e. The van der Waals surface area contributed by atoms with Gasteiger partial charge < -0.3 is 5.11 Å². The fourth-order valence-electron chi connectivity index (χ4n) is 4.68. The molecule has 0 amide bonds. The van der Waals surface area contributed by atoms with Crippen LogP contribution in [0.3, 0.4) is 0 Å². The van der Waals surface area contributed by atoms with Gasteiger partial charge in [0.1, 0.15) is 11.6 Å². The standard InChI is InChI=1S/C29H29F2N3O4S/c1-4-6-11-26-33-28(35)27(29(36)34(26)24(5-2)22-9-7-8-10-23(22)30)39(37,38)20-14-12-19(13-15-20)21-16-17-25(31)32-18(21)3/h7-10,12-17,24,36H,4-6,11H2,1-3H3/t24-/m0/s1. The van der Waals surface area contributed by atoms with E-state index in [1.807, 2.05) is 6.92 Å². The van der Waals surface area contributed by atoms with Gasteiger partial charge in [0.05, 0.1) is 10.9 Å². The molecule has 1 N–H and O–H groups in total. The predicted molar refractivity (Wildman–Crippen MR) is 143 cm³/mol. The van der Waals surface area contributed by atoms with Gasteiger partial charge in [-0.3, -0.25) is 9.36 Å². The minimum absolute atomic E-state index is 0.183. The summed E-state index contributed by atoms with van der Waals surface area (Å²) in [6, 6.07) is 13.6. The van der Waals surface area contributed by atoms with Gasteiger partial charge in [-0.15, -0.1) is 0 Å². The van der Waals surface area contributed by atoms with Crippen LogP contribution in [0.25, 0.3) is 11.1 Å². The summed E-state index contributed by atoms with van der Waals surface area (Å²) in [5, 5.41) is 11.4. The first kappa shape index (κ1) is 28.1. The molecule has 7 nitrogen and oxygen atoms in total. The molecular weight excluding hydrogens is 524 g/mol. The average molecular weight is 554 g/mol. The summed E-state index contributed by atoms with van der Waals surface area (Å²) < 4.78 is 56.9. The number of hydrogen-bond donors (Lipinski definition) is 1. The van der Waals surface area contributed by atoms with Crippen molar-refractivity contribution in [3.63, 3.8) is 0 Å². The summed E-state index contributed by atoms with van der Waals surface area (Å²) in [5.41, 5.74) is 0.800. The van der Waals surface area contributed by atoms with Gasteiger partial charge in [-0.2, -0.15) is 9.37 Å². The molecule has 0 aliphatic heterocycles. The first-order valence-corrected chi connectivity index (χ1v) is 14.2. The van der Waals surface area contributed by atoms with Crippen molar-refractivity contribution in [2.75, 3.05) is 0 Å². The van der Waals surface area contributed by atoms with E-state index < -0.39 is 44.0 Å². The molecule has 0 saturated carbocycles. The van der Waals surface area contributed by atoms with Crippen LogP contribution in [0.4, 0.5) is 8.78 Å². The summed E-state index contributed by atoms with van der Waals surface area (Å²) in [6.45, 7) is 5.36. The number of nitrogens with zero attached hydrogens (tertiary/aromatic N) is 3. The lowest BCUT2D eigenvalue weighted by atomic mass is 10.0. The second-order valence-electron chi connectivity index (χ2n) is 9.20. The lowest BCUT2D eigenvalue weighted by Gasteiger charge is -2.25. The van der Waals surface area contributed by atoms with E-state index in [1.54, 1.807) is 26.0 Å². The molecule has 4 aromatic rings. The maximum absolute atomic E-state index is 14.8. The Hall–Kier alpha value is -3.92. The summed E-state index contributed by atoms with van der Waals surface area (Å²) in [4.78, 5) is 19.9. The van der Waals surface area contributed by atoms with Crippen molar-refractivity contribution >= 4 is 9.84 Å². The van der Waals surface area contributed by atoms with Crippen LogP contribution < -0.4 is 5.56 Å². The van der Waals surface area contributed by atoms with Crippen molar-refractivity contribution < 1.29 is 22.3 Å². The maximum Gasteiger partial charge on any atom is 0.296 e. The molecule has 0 saturated heterocycles. The van der Waals surface area contributed by atoms with Crippen LogP contribution in [-0.2, 0) is 16.3 Å². The van der Waals surface area contributed by atoms with E-state index in [1.165, 1.54) is 53.1 Å². The van der Waals surface area contributed by atoms with Crippen LogP contribution in [0, 0.1) is 18.7 Å². The largest absolute Gasteiger partial charge is 0.493 e. The Bertz CT molecular complexity index is 1670. The molecule has 0 aliphatic carbocycles. The molecule has 4 rings (SSSR count). The number of pyridine rings is 1. The topological polar surface area (TPSA) is 102 Å². The van der Waals surface area contributed by atoms with E-state index in [-0.39, 0.29) is 16.3 Å². The lowest BCUT2D eigenvalue weighted by Crippen LogP contribution is -2.28. The number of aryl methyl sites for hydroxylation is 2. The van der Waals surface area contributed by atoms with Crippen LogP contribution in [0.2, 0.25) is 0 Å². The molecule has 0 fully saturated rings. The second kappa shape index (κ2) is 11.4. The van der Waals surface area contributed by atoms with Gasteiger partial charge in [0.25, 0.3) is 5.56 Å². The van der Waals surface area contributed by atoms with Crippen molar-refractivity contribution in [1.29, 1.82) is 0 Å². The summed E-state index contributed by atoms with van der Waals surface area (Å²) in [7, 11) is -4.53. The molecule has 0 bridgehead atoms. The maximum atomic E-state index is 14.8. The molecule has 2 aromatic carbocycles. The monoisotopic (exact) mass is 553 g/mol. The fourth-order valence-corrected chi connectivity index (χ4v) is 6.02. The van der Waals surface area contributed by atoms with E-state index >= 15 is 0 Å². The van der Waals surface area contributed by atoms with Crippen molar-refractivity contribution in [3.05, 3.63) is 99.9 Å². The highest BCUT2D eigenvalue weighted by Gasteiger charge is 2.32. The second-order valence-corrected chi connectivity index (χ2v) is 11.1. The number of unbranched alkanes of at least 4 members (excludes halogenated alkanes) is 1. The SMILES string of the molecule is CCCCc1nc(=O)c(S(=O)(=O)c2ccc(-c3ccc(F)nc3C)cc2)c(O)n1[C@@H](CC)c1ccccc1F. The molecular formula is C29H29F2N3O4S. The molecule has 0 aliphatic rings. The van der Waals surface area contributed by atoms with E-state index in [2.05, 4.69) is 9.97 Å². The Morgan fingerprint density at radius 1 is 0.974 bits per heavy atom. The minimum atomic E-state index is -4.53. The molecule has 0 unspecified atom stereocenters. The van der Waals surface area contributed by atoms with Crippen LogP contribution in [0.15, 0.2) is 75.2 Å². The Morgan fingerprint density at radius 2 is 1.67 bits per heavy atom. The first-order valence-electron chi connectivity index (χ1n) is 12.7. The van der Waals surface area contributed by atoms with E-state index in [0.717, 1.165) is 6.42 Å². The van der Waals surface area contributed by atoms with Crippen molar-refractivity contribution in [2.24, 2.45) is 0 Å². The van der Waals surface area contributed by atoms with Gasteiger partial charge >= 0.3 is 0 Å².